The number of aromatic nitrogens is 2. The summed E-state index contributed by atoms with van der Waals surface area (Å²) in [5, 5.41) is 6.93. The van der Waals surface area contributed by atoms with Gasteiger partial charge in [-0.3, -0.25) is 9.48 Å². The van der Waals surface area contributed by atoms with Crippen LogP contribution in [-0.4, -0.2) is 24.1 Å². The van der Waals surface area contributed by atoms with E-state index in [0.717, 1.165) is 23.5 Å². The number of hydrogen-bond acceptors (Lipinski definition) is 5. The summed E-state index contributed by atoms with van der Waals surface area (Å²) in [6.07, 6.45) is 0.753. The fraction of sp³-hybridized carbons (Fsp3) is 0.333. The standard InChI is InChI=1S/C12H14ClN3O3S2/c1-3-8-6-10(16(2)15-8)12(17)14-7-9-4-5-11(20-9)21(13,18)19/h4-6H,3,7H2,1-2H3,(H,14,17). The third-order valence-electron chi connectivity index (χ3n) is 2.83. The zero-order valence-corrected chi connectivity index (χ0v) is 13.8. The molecule has 0 unspecified atom stereocenters. The van der Waals surface area contributed by atoms with E-state index in [1.807, 2.05) is 6.92 Å². The number of amides is 1. The number of halogens is 1. The van der Waals surface area contributed by atoms with E-state index in [2.05, 4.69) is 10.4 Å². The van der Waals surface area contributed by atoms with E-state index in [1.165, 1.54) is 10.7 Å². The maximum Gasteiger partial charge on any atom is 0.270 e. The van der Waals surface area contributed by atoms with Crippen LogP contribution < -0.4 is 5.32 Å². The van der Waals surface area contributed by atoms with E-state index in [1.54, 1.807) is 19.2 Å². The van der Waals surface area contributed by atoms with Crippen LogP contribution >= 0.6 is 22.0 Å². The summed E-state index contributed by atoms with van der Waals surface area (Å²) in [6.45, 7) is 2.20. The monoisotopic (exact) mass is 347 g/mol. The van der Waals surface area contributed by atoms with Gasteiger partial charge in [-0.1, -0.05) is 6.92 Å². The molecule has 0 aliphatic rings. The third-order valence-corrected chi connectivity index (χ3v) is 6.00. The molecule has 0 saturated carbocycles. The molecule has 114 valence electrons. The molecule has 21 heavy (non-hydrogen) atoms. The Kier molecular flexibility index (Phi) is 4.70. The summed E-state index contributed by atoms with van der Waals surface area (Å²) in [4.78, 5) is 12.8. The highest BCUT2D eigenvalue weighted by molar-refractivity contribution is 8.15. The van der Waals surface area contributed by atoms with Crippen LogP contribution in [0.5, 0.6) is 0 Å². The molecule has 0 atom stereocenters. The predicted octanol–water partition coefficient (Wildman–Crippen LogP) is 1.90. The second-order valence-electron chi connectivity index (χ2n) is 4.34. The highest BCUT2D eigenvalue weighted by atomic mass is 35.7. The number of nitrogens with one attached hydrogen (secondary N) is 1. The number of carbonyl (C=O) groups is 1. The SMILES string of the molecule is CCc1cc(C(=O)NCc2ccc(S(=O)(=O)Cl)s2)n(C)n1. The van der Waals surface area contributed by atoms with Gasteiger partial charge in [0.1, 0.15) is 9.90 Å². The van der Waals surface area contributed by atoms with Gasteiger partial charge in [-0.25, -0.2) is 8.42 Å². The molecule has 1 N–H and O–H groups in total. The summed E-state index contributed by atoms with van der Waals surface area (Å²) >= 11 is 1.03. The van der Waals surface area contributed by atoms with Gasteiger partial charge < -0.3 is 5.32 Å². The van der Waals surface area contributed by atoms with Gasteiger partial charge in [0.05, 0.1) is 12.2 Å². The number of aryl methyl sites for hydroxylation is 2. The summed E-state index contributed by atoms with van der Waals surface area (Å²) in [6, 6.07) is 4.78. The first-order chi connectivity index (χ1) is 9.81. The van der Waals surface area contributed by atoms with Gasteiger partial charge >= 0.3 is 0 Å². The van der Waals surface area contributed by atoms with Crippen LogP contribution in [0.15, 0.2) is 22.4 Å². The second kappa shape index (κ2) is 6.17. The van der Waals surface area contributed by atoms with Crippen molar-refractivity contribution in [1.29, 1.82) is 0 Å². The quantitative estimate of drug-likeness (QED) is 0.837. The van der Waals surface area contributed by atoms with Crippen LogP contribution in [0.25, 0.3) is 0 Å². The zero-order chi connectivity index (χ0) is 15.6. The van der Waals surface area contributed by atoms with E-state index < -0.39 is 9.05 Å². The van der Waals surface area contributed by atoms with Gasteiger partial charge in [0.25, 0.3) is 15.0 Å². The Hall–Kier alpha value is -1.38. The summed E-state index contributed by atoms with van der Waals surface area (Å²) < 4.78 is 23.9. The molecular formula is C12H14ClN3O3S2. The molecule has 1 amide bonds. The molecule has 2 heterocycles. The van der Waals surface area contributed by atoms with Crippen molar-refractivity contribution in [2.75, 3.05) is 0 Å². The lowest BCUT2D eigenvalue weighted by Crippen LogP contribution is -2.24. The Bertz CT molecular complexity index is 765. The number of carbonyl (C=O) groups excluding carboxylic acids is 1. The molecule has 2 rings (SSSR count). The highest BCUT2D eigenvalue weighted by Gasteiger charge is 2.15. The fourth-order valence-electron chi connectivity index (χ4n) is 1.75. The minimum Gasteiger partial charge on any atom is -0.346 e. The Morgan fingerprint density at radius 2 is 2.19 bits per heavy atom. The normalized spacial score (nSPS) is 11.6. The Morgan fingerprint density at radius 3 is 2.71 bits per heavy atom. The predicted molar refractivity (Wildman–Crippen MR) is 81.1 cm³/mol. The van der Waals surface area contributed by atoms with Crippen molar-refractivity contribution >= 4 is 37.0 Å². The topological polar surface area (TPSA) is 81.1 Å². The molecule has 0 aliphatic heterocycles. The van der Waals surface area contributed by atoms with Crippen LogP contribution in [0.1, 0.15) is 28.0 Å². The van der Waals surface area contributed by atoms with Crippen molar-refractivity contribution in [2.45, 2.75) is 24.1 Å². The average Bonchev–Trinajstić information content (AvgIpc) is 3.01. The van der Waals surface area contributed by atoms with Crippen LogP contribution in [0.4, 0.5) is 0 Å². The molecule has 0 aliphatic carbocycles. The lowest BCUT2D eigenvalue weighted by molar-refractivity contribution is 0.0942. The van der Waals surface area contributed by atoms with Crippen molar-refractivity contribution < 1.29 is 13.2 Å². The molecule has 0 aromatic carbocycles. The Balaban J connectivity index is 2.04. The van der Waals surface area contributed by atoms with Crippen molar-refractivity contribution in [3.8, 4) is 0 Å². The number of nitrogens with zero attached hydrogens (tertiary/aromatic N) is 2. The number of thiophene rings is 1. The van der Waals surface area contributed by atoms with Gasteiger partial charge in [0, 0.05) is 22.6 Å². The average molecular weight is 348 g/mol. The first-order valence-corrected chi connectivity index (χ1v) is 9.28. The van der Waals surface area contributed by atoms with E-state index >= 15 is 0 Å². The molecule has 9 heteroatoms. The smallest absolute Gasteiger partial charge is 0.270 e. The highest BCUT2D eigenvalue weighted by Crippen LogP contribution is 2.24. The number of hydrogen-bond donors (Lipinski definition) is 1. The molecule has 0 fully saturated rings. The second-order valence-corrected chi connectivity index (χ2v) is 8.30. The van der Waals surface area contributed by atoms with E-state index in [-0.39, 0.29) is 16.7 Å². The van der Waals surface area contributed by atoms with Crippen molar-refractivity contribution in [1.82, 2.24) is 15.1 Å². The van der Waals surface area contributed by atoms with E-state index in [9.17, 15) is 13.2 Å². The zero-order valence-electron chi connectivity index (χ0n) is 11.5. The lowest BCUT2D eigenvalue weighted by Gasteiger charge is -2.03. The van der Waals surface area contributed by atoms with Crippen molar-refractivity contribution in [2.24, 2.45) is 7.05 Å². The van der Waals surface area contributed by atoms with Gasteiger partial charge in [-0.2, -0.15) is 5.10 Å². The third kappa shape index (κ3) is 3.84. The fourth-order valence-corrected chi connectivity index (χ4v) is 3.82. The number of rotatable bonds is 5. The molecule has 2 aromatic heterocycles. The van der Waals surface area contributed by atoms with Crippen LogP contribution in [-0.2, 0) is 29.1 Å². The maximum atomic E-state index is 12.1. The molecular weight excluding hydrogens is 334 g/mol. The minimum absolute atomic E-state index is 0.0715. The maximum absolute atomic E-state index is 12.1. The van der Waals surface area contributed by atoms with Crippen molar-refractivity contribution in [3.05, 3.63) is 34.5 Å². The minimum atomic E-state index is -3.72. The summed E-state index contributed by atoms with van der Waals surface area (Å²) in [5.41, 5.74) is 1.31. The van der Waals surface area contributed by atoms with Crippen molar-refractivity contribution in [3.63, 3.8) is 0 Å². The summed E-state index contributed by atoms with van der Waals surface area (Å²) in [7, 11) is 3.24. The largest absolute Gasteiger partial charge is 0.346 e. The van der Waals surface area contributed by atoms with Crippen LogP contribution in [0, 0.1) is 0 Å². The van der Waals surface area contributed by atoms with Crippen LogP contribution in [0.2, 0.25) is 0 Å². The first kappa shape index (κ1) is 16.0. The molecule has 0 spiro atoms. The lowest BCUT2D eigenvalue weighted by atomic mass is 10.3. The van der Waals surface area contributed by atoms with Crippen LogP contribution in [0.3, 0.4) is 0 Å². The van der Waals surface area contributed by atoms with Gasteiger partial charge in [0.2, 0.25) is 0 Å². The molecule has 6 nitrogen and oxygen atoms in total. The first-order valence-electron chi connectivity index (χ1n) is 6.15. The molecule has 0 saturated heterocycles. The Morgan fingerprint density at radius 1 is 1.48 bits per heavy atom. The molecule has 2 aromatic rings. The van der Waals surface area contributed by atoms with E-state index in [4.69, 9.17) is 10.7 Å². The van der Waals surface area contributed by atoms with Gasteiger partial charge in [-0.15, -0.1) is 11.3 Å². The Labute approximate surface area is 131 Å². The molecule has 0 bridgehead atoms. The molecule has 0 radical (unpaired) electrons. The van der Waals surface area contributed by atoms with Gasteiger partial charge in [-0.05, 0) is 24.6 Å². The van der Waals surface area contributed by atoms with E-state index in [0.29, 0.717) is 10.6 Å². The van der Waals surface area contributed by atoms with Gasteiger partial charge in [0.15, 0.2) is 0 Å². The summed E-state index contributed by atoms with van der Waals surface area (Å²) in [5.74, 6) is -0.256.